The van der Waals surface area contributed by atoms with Crippen LogP contribution in [-0.2, 0) is 13.0 Å². The Labute approximate surface area is 103 Å². The highest BCUT2D eigenvalue weighted by Crippen LogP contribution is 2.30. The lowest BCUT2D eigenvalue weighted by Gasteiger charge is -2.15. The number of hydrogen-bond acceptors (Lipinski definition) is 2. The lowest BCUT2D eigenvalue weighted by atomic mass is 10.1. The molecule has 0 saturated heterocycles. The van der Waals surface area contributed by atoms with Crippen molar-refractivity contribution in [3.8, 4) is 11.3 Å². The first-order valence-corrected chi connectivity index (χ1v) is 6.31. The van der Waals surface area contributed by atoms with E-state index in [9.17, 15) is 0 Å². The number of fused-ring (bicyclic) bond motifs is 1. The molecular formula is C12H12BrN3. The lowest BCUT2D eigenvalue weighted by Crippen LogP contribution is -2.10. The first-order chi connectivity index (χ1) is 7.86. The first kappa shape index (κ1) is 10.0. The molecule has 1 aliphatic rings. The fourth-order valence-corrected chi connectivity index (χ4v) is 2.80. The number of nitrogens with zero attached hydrogens (tertiary/aromatic N) is 3. The van der Waals surface area contributed by atoms with Gasteiger partial charge in [-0.1, -0.05) is 0 Å². The van der Waals surface area contributed by atoms with Crippen molar-refractivity contribution in [2.45, 2.75) is 25.8 Å². The molecule has 0 N–H and O–H groups in total. The van der Waals surface area contributed by atoms with Crippen molar-refractivity contribution in [3.05, 3.63) is 35.0 Å². The molecule has 0 aromatic carbocycles. The molecule has 2 aromatic heterocycles. The minimum atomic E-state index is 0.945. The minimum Gasteiger partial charge on any atom is -0.322 e. The van der Waals surface area contributed by atoms with Crippen LogP contribution in [0, 0.1) is 0 Å². The zero-order chi connectivity index (χ0) is 11.0. The smallest absolute Gasteiger partial charge is 0.177 e. The van der Waals surface area contributed by atoms with Gasteiger partial charge in [0.05, 0.1) is 5.69 Å². The largest absolute Gasteiger partial charge is 0.322 e. The van der Waals surface area contributed by atoms with Gasteiger partial charge in [0.1, 0.15) is 0 Å². The third-order valence-electron chi connectivity index (χ3n) is 3.01. The third kappa shape index (κ3) is 1.57. The Bertz CT molecular complexity index is 504. The summed E-state index contributed by atoms with van der Waals surface area (Å²) >= 11 is 3.53. The predicted molar refractivity (Wildman–Crippen MR) is 66.1 cm³/mol. The van der Waals surface area contributed by atoms with E-state index in [0.717, 1.165) is 29.0 Å². The highest BCUT2D eigenvalue weighted by molar-refractivity contribution is 9.10. The molecule has 0 fully saturated rings. The minimum absolute atomic E-state index is 0.945. The molecule has 3 nitrogen and oxygen atoms in total. The van der Waals surface area contributed by atoms with Crippen LogP contribution in [0.3, 0.4) is 0 Å². The van der Waals surface area contributed by atoms with E-state index in [1.807, 2.05) is 12.3 Å². The molecule has 1 aliphatic heterocycles. The van der Waals surface area contributed by atoms with Gasteiger partial charge in [0, 0.05) is 30.2 Å². The van der Waals surface area contributed by atoms with E-state index < -0.39 is 0 Å². The van der Waals surface area contributed by atoms with Gasteiger partial charge in [-0.25, -0.2) is 4.98 Å². The predicted octanol–water partition coefficient (Wildman–Crippen LogP) is 3.04. The molecule has 0 radical (unpaired) electrons. The number of imidazole rings is 1. The van der Waals surface area contributed by atoms with Crippen LogP contribution in [0.1, 0.15) is 18.5 Å². The molecule has 3 heterocycles. The fourth-order valence-electron chi connectivity index (χ4n) is 2.23. The molecule has 0 aliphatic carbocycles. The maximum absolute atomic E-state index is 4.60. The van der Waals surface area contributed by atoms with Gasteiger partial charge in [0.25, 0.3) is 0 Å². The van der Waals surface area contributed by atoms with Crippen LogP contribution in [0.15, 0.2) is 29.3 Å². The summed E-state index contributed by atoms with van der Waals surface area (Å²) in [6, 6.07) is 4.02. The number of pyridine rings is 1. The molecule has 0 saturated carbocycles. The van der Waals surface area contributed by atoms with Crippen molar-refractivity contribution in [1.82, 2.24) is 14.5 Å². The molecule has 0 spiro atoms. The Morgan fingerprint density at radius 3 is 3.06 bits per heavy atom. The second kappa shape index (κ2) is 4.01. The highest BCUT2D eigenvalue weighted by atomic mass is 79.9. The summed E-state index contributed by atoms with van der Waals surface area (Å²) in [5.74, 6) is 0. The van der Waals surface area contributed by atoms with Crippen LogP contribution in [-0.4, -0.2) is 14.5 Å². The Hall–Kier alpha value is -1.16. The van der Waals surface area contributed by atoms with E-state index in [1.54, 1.807) is 6.20 Å². The quantitative estimate of drug-likeness (QED) is 0.802. The molecular weight excluding hydrogens is 266 g/mol. The van der Waals surface area contributed by atoms with Gasteiger partial charge < -0.3 is 4.57 Å². The summed E-state index contributed by atoms with van der Waals surface area (Å²) in [6.45, 7) is 1.07. The maximum atomic E-state index is 4.60. The summed E-state index contributed by atoms with van der Waals surface area (Å²) in [7, 11) is 0. The van der Waals surface area contributed by atoms with E-state index in [4.69, 9.17) is 0 Å². The Balaban J connectivity index is 2.15. The van der Waals surface area contributed by atoms with Gasteiger partial charge >= 0.3 is 0 Å². The third-order valence-corrected chi connectivity index (χ3v) is 3.61. The number of hydrogen-bond donors (Lipinski definition) is 0. The van der Waals surface area contributed by atoms with Crippen LogP contribution in [0.2, 0.25) is 0 Å². The van der Waals surface area contributed by atoms with Gasteiger partial charge in [-0.05, 0) is 47.3 Å². The fraction of sp³-hybridized carbons (Fsp3) is 0.333. The standard InChI is InChI=1S/C12H12BrN3/c13-12-15-11(9-4-3-6-14-8-9)10-5-1-2-7-16(10)12/h3-4,6,8H,1-2,5,7H2. The van der Waals surface area contributed by atoms with Crippen LogP contribution < -0.4 is 0 Å². The first-order valence-electron chi connectivity index (χ1n) is 5.51. The van der Waals surface area contributed by atoms with Gasteiger partial charge in [-0.3, -0.25) is 4.98 Å². The molecule has 2 aromatic rings. The molecule has 0 unspecified atom stereocenters. The molecule has 16 heavy (non-hydrogen) atoms. The Morgan fingerprint density at radius 1 is 1.31 bits per heavy atom. The van der Waals surface area contributed by atoms with Crippen molar-refractivity contribution in [1.29, 1.82) is 0 Å². The topological polar surface area (TPSA) is 30.7 Å². The summed E-state index contributed by atoms with van der Waals surface area (Å²) in [6.07, 6.45) is 7.29. The van der Waals surface area contributed by atoms with Gasteiger partial charge in [-0.15, -0.1) is 0 Å². The summed E-state index contributed by atoms with van der Waals surface area (Å²) in [5, 5.41) is 0. The maximum Gasteiger partial charge on any atom is 0.177 e. The number of aromatic nitrogens is 3. The summed E-state index contributed by atoms with van der Waals surface area (Å²) in [5.41, 5.74) is 3.53. The van der Waals surface area contributed by atoms with E-state index in [2.05, 4.69) is 36.5 Å². The molecule has 3 rings (SSSR count). The molecule has 4 heteroatoms. The van der Waals surface area contributed by atoms with Crippen LogP contribution in [0.5, 0.6) is 0 Å². The monoisotopic (exact) mass is 277 g/mol. The van der Waals surface area contributed by atoms with Gasteiger partial charge in [0.2, 0.25) is 0 Å². The van der Waals surface area contributed by atoms with E-state index in [-0.39, 0.29) is 0 Å². The number of halogens is 1. The van der Waals surface area contributed by atoms with Gasteiger partial charge in [-0.2, -0.15) is 0 Å². The Morgan fingerprint density at radius 2 is 2.25 bits per heavy atom. The van der Waals surface area contributed by atoms with Crippen molar-refractivity contribution >= 4 is 15.9 Å². The van der Waals surface area contributed by atoms with Crippen LogP contribution in [0.25, 0.3) is 11.3 Å². The van der Waals surface area contributed by atoms with E-state index in [0.29, 0.717) is 0 Å². The normalized spacial score (nSPS) is 14.8. The van der Waals surface area contributed by atoms with Crippen molar-refractivity contribution < 1.29 is 0 Å². The zero-order valence-corrected chi connectivity index (χ0v) is 10.4. The lowest BCUT2D eigenvalue weighted by molar-refractivity contribution is 0.525. The summed E-state index contributed by atoms with van der Waals surface area (Å²) in [4.78, 5) is 8.76. The zero-order valence-electron chi connectivity index (χ0n) is 8.86. The average Bonchev–Trinajstić information content (AvgIpc) is 2.69. The molecule has 0 atom stereocenters. The molecule has 0 amide bonds. The Kier molecular flexibility index (Phi) is 2.52. The van der Waals surface area contributed by atoms with Crippen molar-refractivity contribution in [2.75, 3.05) is 0 Å². The summed E-state index contributed by atoms with van der Waals surface area (Å²) < 4.78 is 3.22. The van der Waals surface area contributed by atoms with Crippen molar-refractivity contribution in [2.24, 2.45) is 0 Å². The highest BCUT2D eigenvalue weighted by Gasteiger charge is 2.19. The van der Waals surface area contributed by atoms with Gasteiger partial charge in [0.15, 0.2) is 4.73 Å². The average molecular weight is 278 g/mol. The number of rotatable bonds is 1. The van der Waals surface area contributed by atoms with Crippen LogP contribution in [0.4, 0.5) is 0 Å². The van der Waals surface area contributed by atoms with E-state index >= 15 is 0 Å². The second-order valence-electron chi connectivity index (χ2n) is 4.03. The second-order valence-corrected chi connectivity index (χ2v) is 4.74. The molecule has 82 valence electrons. The molecule has 0 bridgehead atoms. The van der Waals surface area contributed by atoms with Crippen molar-refractivity contribution in [3.63, 3.8) is 0 Å². The van der Waals surface area contributed by atoms with E-state index in [1.165, 1.54) is 18.5 Å². The van der Waals surface area contributed by atoms with Crippen LogP contribution >= 0.6 is 15.9 Å². The SMILES string of the molecule is Brc1nc(-c2cccnc2)c2n1CCCC2.